The first kappa shape index (κ1) is 20.2. The maximum Gasteiger partial charge on any atom is 0.437 e. The number of nitrogens with zero attached hydrogens (tertiary/aromatic N) is 2. The Morgan fingerprint density at radius 3 is 2.43 bits per heavy atom. The molecule has 0 unspecified atom stereocenters. The highest BCUT2D eigenvalue weighted by Gasteiger charge is 2.39. The Labute approximate surface area is 161 Å². The van der Waals surface area contributed by atoms with E-state index in [2.05, 4.69) is 10.4 Å². The summed E-state index contributed by atoms with van der Waals surface area (Å²) in [6.07, 6.45) is 0.315. The van der Waals surface area contributed by atoms with Gasteiger partial charge in [0.1, 0.15) is 5.75 Å². The molecule has 1 N–H and O–H groups in total. The first-order valence-electron chi connectivity index (χ1n) is 9.42. The monoisotopic (exact) mass is 395 g/mol. The molecule has 0 spiro atoms. The first-order chi connectivity index (χ1) is 13.3. The Morgan fingerprint density at radius 2 is 1.86 bits per heavy atom. The second kappa shape index (κ2) is 7.85. The van der Waals surface area contributed by atoms with Crippen LogP contribution in [0.15, 0.2) is 12.1 Å². The van der Waals surface area contributed by atoms with Gasteiger partial charge in [0.25, 0.3) is 5.91 Å². The Morgan fingerprint density at radius 1 is 1.21 bits per heavy atom. The summed E-state index contributed by atoms with van der Waals surface area (Å²) in [4.78, 5) is 12.9. The van der Waals surface area contributed by atoms with Gasteiger partial charge in [0.05, 0.1) is 24.1 Å². The summed E-state index contributed by atoms with van der Waals surface area (Å²) in [5.74, 6) is -0.264. The molecular weight excluding hydrogens is 371 g/mol. The molecule has 1 aliphatic rings. The maximum absolute atomic E-state index is 13.4. The van der Waals surface area contributed by atoms with Crippen molar-refractivity contribution in [3.05, 3.63) is 40.2 Å². The number of nitrogens with one attached hydrogen (secondary N) is 1. The van der Waals surface area contributed by atoms with Gasteiger partial charge < -0.3 is 10.1 Å². The van der Waals surface area contributed by atoms with E-state index in [0.717, 1.165) is 43.2 Å². The SMILES string of the molecule is CCn1nc(C(F)(F)F)c(NC(=O)c2cc3c(cc2OC)CCCCC3)c1C. The predicted octanol–water partition coefficient (Wildman–Crippen LogP) is 4.76. The van der Waals surface area contributed by atoms with Gasteiger partial charge in [-0.15, -0.1) is 0 Å². The minimum absolute atomic E-state index is 0.236. The van der Waals surface area contributed by atoms with E-state index in [0.29, 0.717) is 5.75 Å². The third kappa shape index (κ3) is 3.86. The summed E-state index contributed by atoms with van der Waals surface area (Å²) in [6, 6.07) is 3.59. The topological polar surface area (TPSA) is 56.2 Å². The van der Waals surface area contributed by atoms with Crippen LogP contribution >= 0.6 is 0 Å². The third-order valence-corrected chi connectivity index (χ3v) is 5.17. The molecular formula is C20H24F3N3O2. The zero-order chi connectivity index (χ0) is 20.5. The number of carbonyl (C=O) groups excluding carboxylic acids is 1. The Bertz CT molecular complexity index is 888. The number of methoxy groups -OCH3 is 1. The van der Waals surface area contributed by atoms with E-state index in [1.54, 1.807) is 13.0 Å². The van der Waals surface area contributed by atoms with Crippen molar-refractivity contribution in [2.75, 3.05) is 12.4 Å². The zero-order valence-electron chi connectivity index (χ0n) is 16.2. The van der Waals surface area contributed by atoms with Crippen LogP contribution in [0.4, 0.5) is 18.9 Å². The predicted molar refractivity (Wildman–Crippen MR) is 99.8 cm³/mol. The molecule has 152 valence electrons. The van der Waals surface area contributed by atoms with Gasteiger partial charge in [-0.25, -0.2) is 0 Å². The number of hydrogen-bond donors (Lipinski definition) is 1. The molecule has 1 heterocycles. The molecule has 1 aromatic heterocycles. The maximum atomic E-state index is 13.4. The third-order valence-electron chi connectivity index (χ3n) is 5.17. The molecule has 8 heteroatoms. The molecule has 0 bridgehead atoms. The first-order valence-corrected chi connectivity index (χ1v) is 9.42. The molecule has 0 saturated heterocycles. The van der Waals surface area contributed by atoms with E-state index in [9.17, 15) is 18.0 Å². The highest BCUT2D eigenvalue weighted by atomic mass is 19.4. The molecule has 1 amide bonds. The zero-order valence-corrected chi connectivity index (χ0v) is 16.2. The summed E-state index contributed by atoms with van der Waals surface area (Å²) in [6.45, 7) is 3.48. The van der Waals surface area contributed by atoms with Crippen LogP contribution in [-0.2, 0) is 25.6 Å². The number of benzene rings is 1. The number of alkyl halides is 3. The second-order valence-electron chi connectivity index (χ2n) is 6.96. The molecule has 28 heavy (non-hydrogen) atoms. The Hall–Kier alpha value is -2.51. The van der Waals surface area contributed by atoms with Crippen LogP contribution in [0.3, 0.4) is 0 Å². The van der Waals surface area contributed by atoms with Crippen molar-refractivity contribution in [2.45, 2.75) is 58.7 Å². The molecule has 1 aliphatic carbocycles. The fourth-order valence-corrected chi connectivity index (χ4v) is 3.67. The summed E-state index contributed by atoms with van der Waals surface area (Å²) in [5, 5.41) is 6.05. The van der Waals surface area contributed by atoms with Crippen LogP contribution in [0.1, 0.15) is 59.1 Å². The van der Waals surface area contributed by atoms with Gasteiger partial charge in [-0.3, -0.25) is 9.48 Å². The normalized spacial score (nSPS) is 14.4. The fourth-order valence-electron chi connectivity index (χ4n) is 3.67. The average Bonchev–Trinajstić information content (AvgIpc) is 2.82. The van der Waals surface area contributed by atoms with Gasteiger partial charge in [-0.2, -0.15) is 18.3 Å². The van der Waals surface area contributed by atoms with Gasteiger partial charge in [0.15, 0.2) is 5.69 Å². The van der Waals surface area contributed by atoms with Gasteiger partial charge in [0, 0.05) is 6.54 Å². The molecule has 5 nitrogen and oxygen atoms in total. The summed E-state index contributed by atoms with van der Waals surface area (Å²) in [7, 11) is 1.46. The van der Waals surface area contributed by atoms with Crippen LogP contribution in [0.25, 0.3) is 0 Å². The lowest BCUT2D eigenvalue weighted by atomic mass is 9.98. The van der Waals surface area contributed by atoms with Crippen molar-refractivity contribution in [1.82, 2.24) is 9.78 Å². The molecule has 0 fully saturated rings. The highest BCUT2D eigenvalue weighted by molar-refractivity contribution is 6.07. The summed E-state index contributed by atoms with van der Waals surface area (Å²) in [5.41, 5.74) is 1.29. The summed E-state index contributed by atoms with van der Waals surface area (Å²) < 4.78 is 46.8. The molecule has 3 rings (SSSR count). The molecule has 0 atom stereocenters. The molecule has 0 radical (unpaired) electrons. The van der Waals surface area contributed by atoms with E-state index < -0.39 is 17.8 Å². The second-order valence-corrected chi connectivity index (χ2v) is 6.96. The van der Waals surface area contributed by atoms with E-state index in [4.69, 9.17) is 4.74 Å². The molecule has 0 saturated carbocycles. The van der Waals surface area contributed by atoms with E-state index in [1.807, 2.05) is 6.07 Å². The van der Waals surface area contributed by atoms with Crippen molar-refractivity contribution >= 4 is 11.6 Å². The van der Waals surface area contributed by atoms with Gasteiger partial charge in [-0.1, -0.05) is 6.42 Å². The van der Waals surface area contributed by atoms with Crippen molar-refractivity contribution in [3.63, 3.8) is 0 Å². The van der Waals surface area contributed by atoms with E-state index in [1.165, 1.54) is 18.7 Å². The van der Waals surface area contributed by atoms with E-state index >= 15 is 0 Å². The average molecular weight is 395 g/mol. The van der Waals surface area contributed by atoms with Gasteiger partial charge >= 0.3 is 6.18 Å². The van der Waals surface area contributed by atoms with Crippen molar-refractivity contribution in [1.29, 1.82) is 0 Å². The number of fused-ring (bicyclic) bond motifs is 1. The van der Waals surface area contributed by atoms with Gasteiger partial charge in [-0.05, 0) is 62.8 Å². The number of aromatic nitrogens is 2. The number of halogens is 3. The quantitative estimate of drug-likeness (QED) is 0.760. The number of ether oxygens (including phenoxy) is 1. The molecule has 0 aliphatic heterocycles. The van der Waals surface area contributed by atoms with Crippen LogP contribution in [0, 0.1) is 6.92 Å². The van der Waals surface area contributed by atoms with Crippen molar-refractivity contribution in [2.24, 2.45) is 0 Å². The lowest BCUT2D eigenvalue weighted by molar-refractivity contribution is -0.140. The number of hydrogen-bond acceptors (Lipinski definition) is 3. The minimum Gasteiger partial charge on any atom is -0.496 e. The number of rotatable bonds is 4. The fraction of sp³-hybridized carbons (Fsp3) is 0.500. The number of amides is 1. The lowest BCUT2D eigenvalue weighted by Crippen LogP contribution is -2.18. The van der Waals surface area contributed by atoms with Crippen molar-refractivity contribution < 1.29 is 22.7 Å². The highest BCUT2D eigenvalue weighted by Crippen LogP contribution is 2.37. The smallest absolute Gasteiger partial charge is 0.437 e. The van der Waals surface area contributed by atoms with Crippen LogP contribution in [0.2, 0.25) is 0 Å². The Kier molecular flexibility index (Phi) is 5.67. The number of carbonyl (C=O) groups is 1. The standard InChI is InChI=1S/C20H24F3N3O2/c1-4-26-12(2)17(18(25-26)20(21,22)23)24-19(27)15-10-13-8-6-5-7-9-14(13)11-16(15)28-3/h10-11H,4-9H2,1-3H3,(H,24,27). The van der Waals surface area contributed by atoms with Crippen molar-refractivity contribution in [3.8, 4) is 5.75 Å². The summed E-state index contributed by atoms with van der Waals surface area (Å²) >= 11 is 0. The number of aryl methyl sites for hydroxylation is 3. The minimum atomic E-state index is -4.66. The largest absolute Gasteiger partial charge is 0.496 e. The Balaban J connectivity index is 2.00. The van der Waals surface area contributed by atoms with Gasteiger partial charge in [0.2, 0.25) is 0 Å². The number of anilines is 1. The molecule has 1 aromatic carbocycles. The lowest BCUT2D eigenvalue weighted by Gasteiger charge is -2.15. The van der Waals surface area contributed by atoms with Crippen LogP contribution in [-0.4, -0.2) is 22.8 Å². The molecule has 2 aromatic rings. The van der Waals surface area contributed by atoms with E-state index in [-0.39, 0.29) is 23.5 Å². The van der Waals surface area contributed by atoms with Crippen LogP contribution < -0.4 is 10.1 Å². The van der Waals surface area contributed by atoms with Crippen LogP contribution in [0.5, 0.6) is 5.75 Å².